The Hall–Kier alpha value is -7.30. The van der Waals surface area contributed by atoms with E-state index in [0.29, 0.717) is 55.0 Å². The maximum Gasteiger partial charge on any atom is 0.277 e. The van der Waals surface area contributed by atoms with Crippen molar-refractivity contribution in [2.75, 3.05) is 23.0 Å². The molecule has 3 aromatic carbocycles. The lowest BCUT2D eigenvalue weighted by Crippen LogP contribution is -2.50. The zero-order valence-corrected chi connectivity index (χ0v) is 43.3. The number of pyridine rings is 2. The van der Waals surface area contributed by atoms with Gasteiger partial charge in [-0.1, -0.05) is 131 Å². The topological polar surface area (TPSA) is 186 Å². The molecule has 2 aromatic heterocycles. The molecule has 3 fully saturated rings. The van der Waals surface area contributed by atoms with Crippen molar-refractivity contribution in [2.45, 2.75) is 134 Å². The summed E-state index contributed by atoms with van der Waals surface area (Å²) in [6.45, 7) is 11.8. The molecule has 0 spiro atoms. The van der Waals surface area contributed by atoms with Gasteiger partial charge in [0.2, 0.25) is 24.4 Å². The van der Waals surface area contributed by atoms with Crippen LogP contribution in [-0.2, 0) is 62.1 Å². The lowest BCUT2D eigenvalue weighted by molar-refractivity contribution is -0.125. The summed E-state index contributed by atoms with van der Waals surface area (Å²) < 4.78 is 11.5. The number of benzene rings is 3. The maximum atomic E-state index is 15.0. The summed E-state index contributed by atoms with van der Waals surface area (Å²) in [4.78, 5) is 82.9. The fourth-order valence-corrected chi connectivity index (χ4v) is 10.9. The molecule has 1 aliphatic carbocycles. The van der Waals surface area contributed by atoms with Crippen molar-refractivity contribution in [3.05, 3.63) is 155 Å². The molecule has 6 heterocycles. The minimum Gasteiger partial charge on any atom is -0.362 e. The van der Waals surface area contributed by atoms with Gasteiger partial charge in [0.1, 0.15) is 12.1 Å². The molecule has 6 unspecified atom stereocenters. The van der Waals surface area contributed by atoms with E-state index in [-0.39, 0.29) is 47.2 Å². The number of fused-ring (bicyclic) bond motifs is 2. The molecular weight excluding hydrogens is 949 g/mol. The molecule has 5 aromatic rings. The van der Waals surface area contributed by atoms with E-state index >= 15 is 4.79 Å². The SMILES string of the molecule is CC(C)(C)c1ccc(N(C(=O)C2=NOC3OCCC23)C(C(=O)NC2CCCCC2)c2ccc(CC(C)(C)c3ccc(N(C(=O)C4=NOC5OCCC45)C(C(=O)NCc4ccccc4)c4cccnc4)cc3)nc2)cc1. The molecule has 1 saturated carbocycles. The molecule has 10 rings (SSSR count). The highest BCUT2D eigenvalue weighted by atomic mass is 16.8. The third-order valence-electron chi connectivity index (χ3n) is 15.2. The minimum atomic E-state index is -1.11. The maximum absolute atomic E-state index is 15.0. The van der Waals surface area contributed by atoms with E-state index in [2.05, 4.69) is 60.5 Å². The summed E-state index contributed by atoms with van der Waals surface area (Å²) in [6.07, 6.45) is 10.2. The van der Waals surface area contributed by atoms with Gasteiger partial charge in [-0.25, -0.2) is 0 Å². The van der Waals surface area contributed by atoms with Gasteiger partial charge in [-0.05, 0) is 96.0 Å². The summed E-state index contributed by atoms with van der Waals surface area (Å²) in [5.41, 5.74) is 5.61. The van der Waals surface area contributed by atoms with Crippen LogP contribution >= 0.6 is 0 Å². The van der Waals surface area contributed by atoms with E-state index in [1.807, 2.05) is 91.0 Å². The van der Waals surface area contributed by atoms with Gasteiger partial charge in [0.05, 0.1) is 25.0 Å². The number of anilines is 2. The molecule has 0 bridgehead atoms. The van der Waals surface area contributed by atoms with Crippen molar-refractivity contribution in [2.24, 2.45) is 22.1 Å². The van der Waals surface area contributed by atoms with Crippen molar-refractivity contribution in [3.8, 4) is 0 Å². The summed E-state index contributed by atoms with van der Waals surface area (Å²) in [5.74, 6) is -2.31. The van der Waals surface area contributed by atoms with Gasteiger partial charge in [-0.3, -0.25) is 38.9 Å². The second-order valence-corrected chi connectivity index (χ2v) is 21.9. The Morgan fingerprint density at radius 2 is 1.20 bits per heavy atom. The Labute approximate surface area is 438 Å². The molecule has 390 valence electrons. The number of ether oxygens (including phenoxy) is 2. The van der Waals surface area contributed by atoms with Crippen LogP contribution in [0.2, 0.25) is 0 Å². The highest BCUT2D eigenvalue weighted by Gasteiger charge is 2.48. The standard InChI is InChI=1S/C59H66N8O8/c1-58(2,3)40-19-24-44(25-20-40)67(55(71)49-47-29-32-73-57(47)75-65-49)51(53(69)63-42-16-10-7-11-17-42)39-18-23-43(61-36-39)33-59(4,5)41-21-26-45(27-22-41)66(54(70)48-46-28-31-72-56(46)74-64-48)50(38-15-12-30-60-35-38)52(68)62-34-37-13-8-6-9-14-37/h6,8-9,12-15,18-27,30,35-36,42,46-47,50-51,56-57H,7,10-11,16-17,28-29,31-34H2,1-5H3,(H,62,68)(H,63,69). The van der Waals surface area contributed by atoms with Crippen LogP contribution in [-0.4, -0.2) is 76.9 Å². The largest absolute Gasteiger partial charge is 0.362 e. The molecule has 75 heavy (non-hydrogen) atoms. The number of carbonyl (C=O) groups is 4. The number of amides is 4. The first-order valence-electron chi connectivity index (χ1n) is 26.3. The fourth-order valence-electron chi connectivity index (χ4n) is 10.9. The molecule has 5 aliphatic rings. The smallest absolute Gasteiger partial charge is 0.277 e. The van der Waals surface area contributed by atoms with Gasteiger partial charge in [0, 0.05) is 59.4 Å². The second kappa shape index (κ2) is 21.9. The van der Waals surface area contributed by atoms with Crippen LogP contribution in [0.1, 0.15) is 125 Å². The van der Waals surface area contributed by atoms with Crippen molar-refractivity contribution in [1.29, 1.82) is 0 Å². The van der Waals surface area contributed by atoms with E-state index in [1.54, 1.807) is 35.6 Å². The fraction of sp³-hybridized carbons (Fsp3) is 0.424. The van der Waals surface area contributed by atoms with Crippen LogP contribution in [0.25, 0.3) is 0 Å². The number of rotatable bonds is 16. The number of hydrogen-bond donors (Lipinski definition) is 2. The van der Waals surface area contributed by atoms with Gasteiger partial charge in [0.15, 0.2) is 11.4 Å². The number of carbonyl (C=O) groups excluding carboxylic acids is 4. The zero-order valence-electron chi connectivity index (χ0n) is 43.3. The Bertz CT molecular complexity index is 2900. The quantitative estimate of drug-likeness (QED) is 0.0969. The van der Waals surface area contributed by atoms with E-state index in [9.17, 15) is 14.4 Å². The Balaban J connectivity index is 0.949. The third kappa shape index (κ3) is 11.1. The second-order valence-electron chi connectivity index (χ2n) is 21.9. The third-order valence-corrected chi connectivity index (χ3v) is 15.2. The average Bonchev–Trinajstić information content (AvgIpc) is 4.25. The lowest BCUT2D eigenvalue weighted by Gasteiger charge is -2.34. The predicted molar refractivity (Wildman–Crippen MR) is 283 cm³/mol. The van der Waals surface area contributed by atoms with E-state index in [0.717, 1.165) is 54.5 Å². The number of oxime groups is 2. The van der Waals surface area contributed by atoms with Crippen LogP contribution in [0.4, 0.5) is 11.4 Å². The average molecular weight is 1020 g/mol. The number of aromatic nitrogens is 2. The molecule has 4 amide bonds. The molecule has 16 heteroatoms. The van der Waals surface area contributed by atoms with Gasteiger partial charge in [-0.2, -0.15) is 0 Å². The van der Waals surface area contributed by atoms with Crippen LogP contribution in [0.3, 0.4) is 0 Å². The van der Waals surface area contributed by atoms with Gasteiger partial charge in [0.25, 0.3) is 11.8 Å². The van der Waals surface area contributed by atoms with Gasteiger partial charge >= 0.3 is 0 Å². The normalized spacial score (nSPS) is 21.1. The molecule has 16 nitrogen and oxygen atoms in total. The molecule has 2 saturated heterocycles. The van der Waals surface area contributed by atoms with Crippen molar-refractivity contribution in [1.82, 2.24) is 20.6 Å². The first-order chi connectivity index (χ1) is 36.2. The van der Waals surface area contributed by atoms with E-state index < -0.39 is 47.8 Å². The summed E-state index contributed by atoms with van der Waals surface area (Å²) in [6, 6.07) is 30.2. The number of nitrogens with one attached hydrogen (secondary N) is 2. The number of hydrogen-bond acceptors (Lipinski definition) is 12. The lowest BCUT2D eigenvalue weighted by atomic mass is 9.80. The van der Waals surface area contributed by atoms with Crippen LogP contribution < -0.4 is 20.4 Å². The van der Waals surface area contributed by atoms with Crippen LogP contribution in [0, 0.1) is 11.8 Å². The number of nitrogens with zero attached hydrogens (tertiary/aromatic N) is 6. The molecule has 6 atom stereocenters. The summed E-state index contributed by atoms with van der Waals surface area (Å²) in [7, 11) is 0. The Morgan fingerprint density at radius 3 is 1.75 bits per heavy atom. The molecular formula is C59H66N8O8. The molecule has 4 aliphatic heterocycles. The van der Waals surface area contributed by atoms with Crippen molar-refractivity contribution < 1.29 is 38.3 Å². The van der Waals surface area contributed by atoms with Crippen LogP contribution in [0.5, 0.6) is 0 Å². The highest BCUT2D eigenvalue weighted by Crippen LogP contribution is 2.39. The first kappa shape index (κ1) is 51.2. The first-order valence-corrected chi connectivity index (χ1v) is 26.3. The Morgan fingerprint density at radius 1 is 0.627 bits per heavy atom. The van der Waals surface area contributed by atoms with Gasteiger partial charge < -0.3 is 29.8 Å². The summed E-state index contributed by atoms with van der Waals surface area (Å²) in [5, 5.41) is 14.9. The zero-order chi connectivity index (χ0) is 52.3. The molecule has 0 radical (unpaired) electrons. The monoisotopic (exact) mass is 1010 g/mol. The summed E-state index contributed by atoms with van der Waals surface area (Å²) >= 11 is 0. The van der Waals surface area contributed by atoms with E-state index in [4.69, 9.17) is 24.1 Å². The predicted octanol–water partition coefficient (Wildman–Crippen LogP) is 8.71. The van der Waals surface area contributed by atoms with Crippen molar-refractivity contribution >= 4 is 46.4 Å². The molecule has 2 N–H and O–H groups in total. The highest BCUT2D eigenvalue weighted by molar-refractivity contribution is 6.46. The van der Waals surface area contributed by atoms with Gasteiger partial charge in [-0.15, -0.1) is 0 Å². The van der Waals surface area contributed by atoms with E-state index in [1.165, 1.54) is 4.90 Å². The van der Waals surface area contributed by atoms with Crippen molar-refractivity contribution in [3.63, 3.8) is 0 Å². The minimum absolute atomic E-state index is 0.0175. The Kier molecular flexibility index (Phi) is 14.9. The van der Waals surface area contributed by atoms with Crippen LogP contribution in [0.15, 0.2) is 132 Å².